The number of ether oxygens (including phenoxy) is 1. The molecule has 0 saturated carbocycles. The number of thiazole rings is 1. The number of aliphatic hydroxyl groups is 2. The number of rotatable bonds is 4. The van der Waals surface area contributed by atoms with Gasteiger partial charge in [-0.3, -0.25) is 0 Å². The van der Waals surface area contributed by atoms with Crippen LogP contribution in [0.15, 0.2) is 5.38 Å². The molecule has 0 aliphatic heterocycles. The van der Waals surface area contributed by atoms with E-state index in [1.54, 1.807) is 0 Å². The maximum absolute atomic E-state index is 8.93. The molecular weight excluding hydrogens is 178 g/mol. The molecule has 4 nitrogen and oxygen atoms in total. The second-order valence-corrected chi connectivity index (χ2v) is 3.22. The van der Waals surface area contributed by atoms with Gasteiger partial charge in [0.2, 0.25) is 0 Å². The fourth-order valence-electron chi connectivity index (χ4n) is 0.619. The van der Waals surface area contributed by atoms with E-state index in [1.165, 1.54) is 11.3 Å². The van der Waals surface area contributed by atoms with Gasteiger partial charge in [0.25, 0.3) is 5.19 Å². The van der Waals surface area contributed by atoms with E-state index in [2.05, 4.69) is 4.98 Å². The predicted octanol–water partition coefficient (Wildman–Crippen LogP) is 0.184. The van der Waals surface area contributed by atoms with Crippen LogP contribution in [0.3, 0.4) is 0 Å². The van der Waals surface area contributed by atoms with Gasteiger partial charge in [0, 0.05) is 5.38 Å². The summed E-state index contributed by atoms with van der Waals surface area (Å²) in [6, 6.07) is 0. The minimum absolute atomic E-state index is 0.0868. The van der Waals surface area contributed by atoms with Gasteiger partial charge in [0.05, 0.1) is 12.3 Å². The molecule has 1 atom stereocenters. The first kappa shape index (κ1) is 9.44. The zero-order chi connectivity index (χ0) is 8.97. The molecule has 1 aromatic heterocycles. The summed E-state index contributed by atoms with van der Waals surface area (Å²) in [6.45, 7) is 1.67. The van der Waals surface area contributed by atoms with E-state index in [1.807, 2.05) is 12.3 Å². The average Bonchev–Trinajstić information content (AvgIpc) is 2.47. The smallest absolute Gasteiger partial charge is 0.273 e. The Bertz CT molecular complexity index is 238. The third kappa shape index (κ3) is 2.77. The highest BCUT2D eigenvalue weighted by Gasteiger charge is 2.04. The molecular formula is C7H11NO3S. The maximum atomic E-state index is 8.93. The number of aromatic nitrogens is 1. The summed E-state index contributed by atoms with van der Waals surface area (Å²) in [5, 5.41) is 19.8. The zero-order valence-electron chi connectivity index (χ0n) is 6.73. The Labute approximate surface area is 74.5 Å². The fourth-order valence-corrected chi connectivity index (χ4v) is 1.28. The normalized spacial score (nSPS) is 12.9. The Hall–Kier alpha value is -0.650. The van der Waals surface area contributed by atoms with Crippen LogP contribution < -0.4 is 4.74 Å². The third-order valence-corrected chi connectivity index (χ3v) is 2.08. The topological polar surface area (TPSA) is 62.6 Å². The standard InChI is InChI=1S/C7H11NO3S/c1-5-4-12-7(8-5)11-3-6(10)2-9/h4,6,9-10H,2-3H2,1H3. The first-order chi connectivity index (χ1) is 5.72. The zero-order valence-corrected chi connectivity index (χ0v) is 7.54. The van der Waals surface area contributed by atoms with Crippen LogP contribution in [-0.2, 0) is 0 Å². The molecule has 2 N–H and O–H groups in total. The minimum atomic E-state index is -0.825. The summed E-state index contributed by atoms with van der Waals surface area (Å²) in [6.07, 6.45) is -0.825. The van der Waals surface area contributed by atoms with Crippen molar-refractivity contribution in [2.24, 2.45) is 0 Å². The molecule has 68 valence electrons. The number of aryl methyl sites for hydroxylation is 1. The van der Waals surface area contributed by atoms with Crippen molar-refractivity contribution in [1.82, 2.24) is 4.98 Å². The first-order valence-electron chi connectivity index (χ1n) is 3.56. The lowest BCUT2D eigenvalue weighted by Gasteiger charge is -2.05. The molecule has 0 amide bonds. The number of aliphatic hydroxyl groups excluding tert-OH is 2. The first-order valence-corrected chi connectivity index (χ1v) is 4.44. The van der Waals surface area contributed by atoms with Gasteiger partial charge >= 0.3 is 0 Å². The van der Waals surface area contributed by atoms with Gasteiger partial charge in [-0.1, -0.05) is 11.3 Å². The highest BCUT2D eigenvalue weighted by atomic mass is 32.1. The molecule has 0 aliphatic carbocycles. The Morgan fingerprint density at radius 2 is 2.50 bits per heavy atom. The van der Waals surface area contributed by atoms with Crippen LogP contribution >= 0.6 is 11.3 Å². The molecule has 0 aliphatic rings. The van der Waals surface area contributed by atoms with Gasteiger partial charge in [0.1, 0.15) is 12.7 Å². The van der Waals surface area contributed by atoms with Crippen LogP contribution in [0.4, 0.5) is 0 Å². The molecule has 0 radical (unpaired) electrons. The molecule has 0 aromatic carbocycles. The monoisotopic (exact) mass is 189 g/mol. The Morgan fingerprint density at radius 1 is 1.75 bits per heavy atom. The molecule has 1 rings (SSSR count). The van der Waals surface area contributed by atoms with Gasteiger partial charge in [-0.05, 0) is 6.92 Å². The maximum Gasteiger partial charge on any atom is 0.273 e. The van der Waals surface area contributed by atoms with Crippen LogP contribution in [0.25, 0.3) is 0 Å². The van der Waals surface area contributed by atoms with Crippen molar-refractivity contribution >= 4 is 11.3 Å². The molecule has 1 heterocycles. The van der Waals surface area contributed by atoms with E-state index in [0.29, 0.717) is 5.19 Å². The summed E-state index contributed by atoms with van der Waals surface area (Å²) in [7, 11) is 0. The lowest BCUT2D eigenvalue weighted by Crippen LogP contribution is -2.21. The van der Waals surface area contributed by atoms with Crippen LogP contribution in [0.1, 0.15) is 5.69 Å². The molecule has 1 aromatic rings. The van der Waals surface area contributed by atoms with Crippen molar-refractivity contribution in [2.75, 3.05) is 13.2 Å². The summed E-state index contributed by atoms with van der Waals surface area (Å²) < 4.78 is 5.08. The van der Waals surface area contributed by atoms with Gasteiger partial charge in [-0.15, -0.1) is 0 Å². The third-order valence-electron chi connectivity index (χ3n) is 1.21. The largest absolute Gasteiger partial charge is 0.467 e. The molecule has 5 heteroatoms. The van der Waals surface area contributed by atoms with Crippen LogP contribution in [0.2, 0.25) is 0 Å². The van der Waals surface area contributed by atoms with E-state index in [-0.39, 0.29) is 13.2 Å². The van der Waals surface area contributed by atoms with Crippen molar-refractivity contribution in [3.63, 3.8) is 0 Å². The van der Waals surface area contributed by atoms with Gasteiger partial charge in [-0.2, -0.15) is 0 Å². The fraction of sp³-hybridized carbons (Fsp3) is 0.571. The highest BCUT2D eigenvalue weighted by Crippen LogP contribution is 2.16. The second kappa shape index (κ2) is 4.39. The Kier molecular flexibility index (Phi) is 3.46. The van der Waals surface area contributed by atoms with Crippen molar-refractivity contribution < 1.29 is 14.9 Å². The van der Waals surface area contributed by atoms with Gasteiger partial charge in [-0.25, -0.2) is 4.98 Å². The van der Waals surface area contributed by atoms with E-state index < -0.39 is 6.10 Å². The quantitative estimate of drug-likeness (QED) is 0.709. The minimum Gasteiger partial charge on any atom is -0.467 e. The lowest BCUT2D eigenvalue weighted by molar-refractivity contribution is 0.0535. The predicted molar refractivity (Wildman–Crippen MR) is 45.4 cm³/mol. The average molecular weight is 189 g/mol. The van der Waals surface area contributed by atoms with Crippen molar-refractivity contribution in [3.8, 4) is 5.19 Å². The number of hydrogen-bond acceptors (Lipinski definition) is 5. The lowest BCUT2D eigenvalue weighted by atomic mass is 10.4. The molecule has 1 unspecified atom stereocenters. The Balaban J connectivity index is 2.33. The summed E-state index contributed by atoms with van der Waals surface area (Å²) in [4.78, 5) is 4.02. The van der Waals surface area contributed by atoms with Crippen LogP contribution in [-0.4, -0.2) is 34.5 Å². The van der Waals surface area contributed by atoms with Gasteiger partial charge in [0.15, 0.2) is 0 Å². The van der Waals surface area contributed by atoms with Crippen molar-refractivity contribution in [2.45, 2.75) is 13.0 Å². The van der Waals surface area contributed by atoms with Crippen molar-refractivity contribution in [1.29, 1.82) is 0 Å². The molecule has 0 saturated heterocycles. The summed E-state index contributed by atoms with van der Waals surface area (Å²) >= 11 is 1.38. The summed E-state index contributed by atoms with van der Waals surface area (Å²) in [5.41, 5.74) is 0.897. The second-order valence-electron chi connectivity index (χ2n) is 2.40. The molecule has 12 heavy (non-hydrogen) atoms. The molecule has 0 spiro atoms. The van der Waals surface area contributed by atoms with Gasteiger partial charge < -0.3 is 14.9 Å². The molecule has 0 fully saturated rings. The van der Waals surface area contributed by atoms with E-state index in [9.17, 15) is 0 Å². The Morgan fingerprint density at radius 3 is 3.00 bits per heavy atom. The number of nitrogens with zero attached hydrogens (tertiary/aromatic N) is 1. The van der Waals surface area contributed by atoms with E-state index >= 15 is 0 Å². The van der Waals surface area contributed by atoms with Crippen LogP contribution in [0, 0.1) is 6.92 Å². The SMILES string of the molecule is Cc1csc(OCC(O)CO)n1. The van der Waals surface area contributed by atoms with E-state index in [4.69, 9.17) is 14.9 Å². The molecule has 0 bridgehead atoms. The highest BCUT2D eigenvalue weighted by molar-refractivity contribution is 7.11. The van der Waals surface area contributed by atoms with E-state index in [0.717, 1.165) is 5.69 Å². The number of hydrogen-bond donors (Lipinski definition) is 2. The summed E-state index contributed by atoms with van der Waals surface area (Å²) in [5.74, 6) is 0. The van der Waals surface area contributed by atoms with Crippen molar-refractivity contribution in [3.05, 3.63) is 11.1 Å². The van der Waals surface area contributed by atoms with Crippen LogP contribution in [0.5, 0.6) is 5.19 Å².